The van der Waals surface area contributed by atoms with Gasteiger partial charge >= 0.3 is 0 Å². The number of amides is 1. The van der Waals surface area contributed by atoms with Gasteiger partial charge in [0, 0.05) is 25.9 Å². The zero-order valence-electron chi connectivity index (χ0n) is 13.4. The summed E-state index contributed by atoms with van der Waals surface area (Å²) in [6, 6.07) is 4.12. The molecule has 2 aliphatic heterocycles. The van der Waals surface area contributed by atoms with Crippen molar-refractivity contribution in [2.24, 2.45) is 17.6 Å². The van der Waals surface area contributed by atoms with Crippen LogP contribution in [0.1, 0.15) is 30.4 Å². The van der Waals surface area contributed by atoms with Gasteiger partial charge in [-0.1, -0.05) is 0 Å². The Hall–Kier alpha value is -2.13. The van der Waals surface area contributed by atoms with E-state index in [0.29, 0.717) is 18.1 Å². The molecule has 1 aromatic rings. The van der Waals surface area contributed by atoms with Crippen LogP contribution in [0, 0.1) is 30.1 Å². The SMILES string of the molecule is Cc1ccnc(N2CCC([C@H]3OCC[C@@H]3C(N)=O)CC2)c1C#N. The second-order valence-corrected chi connectivity index (χ2v) is 6.40. The average molecular weight is 314 g/mol. The highest BCUT2D eigenvalue weighted by Crippen LogP contribution is 2.34. The summed E-state index contributed by atoms with van der Waals surface area (Å²) in [7, 11) is 0. The van der Waals surface area contributed by atoms with Crippen LogP contribution in [-0.2, 0) is 9.53 Å². The minimum Gasteiger partial charge on any atom is -0.377 e. The number of primary amides is 1. The maximum absolute atomic E-state index is 11.5. The largest absolute Gasteiger partial charge is 0.377 e. The fraction of sp³-hybridized carbons (Fsp3) is 0.588. The first-order valence-electron chi connectivity index (χ1n) is 8.13. The Morgan fingerprint density at radius 2 is 2.17 bits per heavy atom. The van der Waals surface area contributed by atoms with Gasteiger partial charge in [0.25, 0.3) is 0 Å². The highest BCUT2D eigenvalue weighted by Gasteiger charge is 2.39. The summed E-state index contributed by atoms with van der Waals surface area (Å²) in [5.41, 5.74) is 7.09. The second kappa shape index (κ2) is 6.55. The van der Waals surface area contributed by atoms with Crippen LogP contribution in [0.25, 0.3) is 0 Å². The van der Waals surface area contributed by atoms with E-state index in [1.54, 1.807) is 6.20 Å². The molecule has 0 bridgehead atoms. The number of hydrogen-bond acceptors (Lipinski definition) is 5. The van der Waals surface area contributed by atoms with Gasteiger partial charge in [0.2, 0.25) is 5.91 Å². The molecule has 3 rings (SSSR count). The molecule has 2 saturated heterocycles. The Morgan fingerprint density at radius 1 is 1.43 bits per heavy atom. The third-order valence-electron chi connectivity index (χ3n) is 5.06. The standard InChI is InChI=1S/C17H22N4O2/c1-11-2-6-20-17(14(11)10-18)21-7-3-12(4-8-21)15-13(16(19)22)5-9-23-15/h2,6,12-13,15H,3-5,7-9H2,1H3,(H2,19,22)/t13-,15+/m0/s1. The lowest BCUT2D eigenvalue weighted by molar-refractivity contribution is -0.124. The molecule has 0 aliphatic carbocycles. The smallest absolute Gasteiger partial charge is 0.223 e. The zero-order chi connectivity index (χ0) is 16.4. The number of piperidine rings is 1. The number of carbonyl (C=O) groups is 1. The molecule has 1 amide bonds. The van der Waals surface area contributed by atoms with E-state index in [1.165, 1.54) is 0 Å². The van der Waals surface area contributed by atoms with Crippen LogP contribution in [0.3, 0.4) is 0 Å². The minimum absolute atomic E-state index is 0.0458. The fourth-order valence-corrected chi connectivity index (χ4v) is 3.74. The Labute approximate surface area is 136 Å². The van der Waals surface area contributed by atoms with Crippen molar-refractivity contribution in [1.82, 2.24) is 4.98 Å². The normalized spacial score (nSPS) is 25.3. The molecule has 2 fully saturated rings. The van der Waals surface area contributed by atoms with E-state index in [-0.39, 0.29) is 17.9 Å². The van der Waals surface area contributed by atoms with Crippen LogP contribution in [-0.4, -0.2) is 36.7 Å². The number of nitriles is 1. The fourth-order valence-electron chi connectivity index (χ4n) is 3.74. The van der Waals surface area contributed by atoms with Crippen LogP contribution in [0.5, 0.6) is 0 Å². The number of pyridine rings is 1. The summed E-state index contributed by atoms with van der Waals surface area (Å²) < 4.78 is 5.78. The summed E-state index contributed by atoms with van der Waals surface area (Å²) in [6.45, 7) is 4.19. The van der Waals surface area contributed by atoms with Gasteiger partial charge in [-0.15, -0.1) is 0 Å². The minimum atomic E-state index is -0.248. The van der Waals surface area contributed by atoms with Gasteiger partial charge in [0.05, 0.1) is 17.6 Å². The van der Waals surface area contributed by atoms with Crippen molar-refractivity contribution in [3.8, 4) is 6.07 Å². The molecule has 2 aliphatic rings. The van der Waals surface area contributed by atoms with E-state index < -0.39 is 0 Å². The lowest BCUT2D eigenvalue weighted by atomic mass is 9.84. The van der Waals surface area contributed by atoms with E-state index in [1.807, 2.05) is 13.0 Å². The first-order chi connectivity index (χ1) is 11.1. The van der Waals surface area contributed by atoms with Gasteiger partial charge in [-0.3, -0.25) is 4.79 Å². The van der Waals surface area contributed by atoms with Crippen LogP contribution in [0.15, 0.2) is 12.3 Å². The third-order valence-corrected chi connectivity index (χ3v) is 5.06. The van der Waals surface area contributed by atoms with Gasteiger partial charge in [-0.25, -0.2) is 4.98 Å². The number of carbonyl (C=O) groups excluding carboxylic acids is 1. The van der Waals surface area contributed by atoms with E-state index in [4.69, 9.17) is 10.5 Å². The van der Waals surface area contributed by atoms with Crippen molar-refractivity contribution in [2.75, 3.05) is 24.6 Å². The first-order valence-corrected chi connectivity index (χ1v) is 8.13. The monoisotopic (exact) mass is 314 g/mol. The maximum Gasteiger partial charge on any atom is 0.223 e. The van der Waals surface area contributed by atoms with Gasteiger partial charge in [0.15, 0.2) is 0 Å². The maximum atomic E-state index is 11.5. The van der Waals surface area contributed by atoms with Crippen LogP contribution < -0.4 is 10.6 Å². The third kappa shape index (κ3) is 3.02. The van der Waals surface area contributed by atoms with Crippen molar-refractivity contribution in [3.05, 3.63) is 23.4 Å². The topological polar surface area (TPSA) is 92.2 Å². The Balaban J connectivity index is 1.69. The molecule has 122 valence electrons. The number of ether oxygens (including phenoxy) is 1. The molecule has 1 aromatic heterocycles. The molecule has 23 heavy (non-hydrogen) atoms. The predicted octanol–water partition coefficient (Wildman–Crippen LogP) is 1.37. The quantitative estimate of drug-likeness (QED) is 0.909. The lowest BCUT2D eigenvalue weighted by Gasteiger charge is -2.36. The summed E-state index contributed by atoms with van der Waals surface area (Å²) >= 11 is 0. The molecule has 0 spiro atoms. The van der Waals surface area contributed by atoms with Crippen molar-refractivity contribution in [2.45, 2.75) is 32.3 Å². The number of anilines is 1. The number of hydrogen-bond donors (Lipinski definition) is 1. The zero-order valence-corrected chi connectivity index (χ0v) is 13.4. The van der Waals surface area contributed by atoms with Crippen LogP contribution >= 0.6 is 0 Å². The van der Waals surface area contributed by atoms with Gasteiger partial charge < -0.3 is 15.4 Å². The molecule has 3 heterocycles. The number of nitrogens with two attached hydrogens (primary N) is 1. The molecule has 6 heteroatoms. The molecule has 0 radical (unpaired) electrons. The first kappa shape index (κ1) is 15.8. The summed E-state index contributed by atoms with van der Waals surface area (Å²) in [5, 5.41) is 9.36. The van der Waals surface area contributed by atoms with Crippen molar-refractivity contribution < 1.29 is 9.53 Å². The van der Waals surface area contributed by atoms with Crippen molar-refractivity contribution in [1.29, 1.82) is 5.26 Å². The number of aromatic nitrogens is 1. The average Bonchev–Trinajstić information content (AvgIpc) is 3.04. The molecule has 2 N–H and O–H groups in total. The van der Waals surface area contributed by atoms with Crippen LogP contribution in [0.4, 0.5) is 5.82 Å². The lowest BCUT2D eigenvalue weighted by Crippen LogP contribution is -2.42. The van der Waals surface area contributed by atoms with Crippen molar-refractivity contribution >= 4 is 11.7 Å². The summed E-state index contributed by atoms with van der Waals surface area (Å²) in [6.07, 6.45) is 4.29. The van der Waals surface area contributed by atoms with Gasteiger partial charge in [-0.2, -0.15) is 5.26 Å². The summed E-state index contributed by atoms with van der Waals surface area (Å²) in [5.74, 6) is 0.715. The number of nitrogens with zero attached hydrogens (tertiary/aromatic N) is 3. The Bertz CT molecular complexity index is 632. The molecular formula is C17H22N4O2. The van der Waals surface area contributed by atoms with E-state index in [9.17, 15) is 10.1 Å². The Kier molecular flexibility index (Phi) is 4.49. The number of rotatable bonds is 3. The highest BCUT2D eigenvalue weighted by atomic mass is 16.5. The van der Waals surface area contributed by atoms with Gasteiger partial charge in [-0.05, 0) is 43.7 Å². The molecule has 0 saturated carbocycles. The molecule has 0 unspecified atom stereocenters. The summed E-state index contributed by atoms with van der Waals surface area (Å²) in [4.78, 5) is 18.1. The van der Waals surface area contributed by atoms with Gasteiger partial charge in [0.1, 0.15) is 11.9 Å². The van der Waals surface area contributed by atoms with E-state index >= 15 is 0 Å². The van der Waals surface area contributed by atoms with E-state index in [2.05, 4.69) is 16.0 Å². The second-order valence-electron chi connectivity index (χ2n) is 6.40. The molecule has 2 atom stereocenters. The number of aryl methyl sites for hydroxylation is 1. The van der Waals surface area contributed by atoms with Crippen LogP contribution in [0.2, 0.25) is 0 Å². The molecule has 0 aromatic carbocycles. The van der Waals surface area contributed by atoms with Crippen molar-refractivity contribution in [3.63, 3.8) is 0 Å². The Morgan fingerprint density at radius 3 is 2.83 bits per heavy atom. The van der Waals surface area contributed by atoms with E-state index in [0.717, 1.165) is 43.7 Å². The highest BCUT2D eigenvalue weighted by molar-refractivity contribution is 5.77. The molecule has 6 nitrogen and oxygen atoms in total. The predicted molar refractivity (Wildman–Crippen MR) is 85.7 cm³/mol. The molecular weight excluding hydrogens is 292 g/mol.